The van der Waals surface area contributed by atoms with Crippen LogP contribution in [0.5, 0.6) is 5.75 Å². The Hall–Kier alpha value is -3.20. The molecule has 0 saturated heterocycles. The molecule has 5 nitrogen and oxygen atoms in total. The number of rotatable bonds is 4. The van der Waals surface area contributed by atoms with Crippen LogP contribution in [-0.4, -0.2) is 12.3 Å². The molecule has 1 aliphatic rings. The maximum atomic E-state index is 13.7. The van der Waals surface area contributed by atoms with E-state index in [4.69, 9.17) is 32.8 Å². The number of hydroxylamine groups is 1. The quantitative estimate of drug-likeness (QED) is 0.383. The largest absolute Gasteiger partial charge is 0.451 e. The molecule has 0 radical (unpaired) electrons. The third-order valence-electron chi connectivity index (χ3n) is 5.03. The van der Waals surface area contributed by atoms with Gasteiger partial charge in [0.1, 0.15) is 5.75 Å². The first-order valence-corrected chi connectivity index (χ1v) is 10.7. The lowest BCUT2D eigenvalue weighted by molar-refractivity contribution is -0.136. The average molecular weight is 509 g/mol. The predicted octanol–water partition coefficient (Wildman–Crippen LogP) is 7.46. The summed E-state index contributed by atoms with van der Waals surface area (Å²) < 4.78 is 46.5. The van der Waals surface area contributed by atoms with Gasteiger partial charge in [-0.1, -0.05) is 53.5 Å². The molecule has 0 saturated carbocycles. The molecule has 34 heavy (non-hydrogen) atoms. The van der Waals surface area contributed by atoms with Crippen molar-refractivity contribution in [3.63, 3.8) is 0 Å². The number of nitrogens with one attached hydrogen (secondary N) is 2. The summed E-state index contributed by atoms with van der Waals surface area (Å²) in [6.07, 6.45) is -5.51. The number of carbonyl (C=O) groups is 1. The van der Waals surface area contributed by atoms with E-state index < -0.39 is 24.1 Å². The SMILES string of the molecule is Cc1ccc(C2NOC(C(F)(F)F)=C2c2cc(Cl)cc(Cl)c2)cc1NC(=O)Oc1ccccc1. The minimum atomic E-state index is -4.77. The van der Waals surface area contributed by atoms with Gasteiger partial charge in [0.2, 0.25) is 5.76 Å². The fourth-order valence-corrected chi connectivity index (χ4v) is 4.03. The molecular weight excluding hydrogens is 492 g/mol. The van der Waals surface area contributed by atoms with Crippen LogP contribution >= 0.6 is 23.2 Å². The van der Waals surface area contributed by atoms with Crippen molar-refractivity contribution in [2.75, 3.05) is 5.32 Å². The summed E-state index contributed by atoms with van der Waals surface area (Å²) in [5.41, 5.74) is 3.86. The average Bonchev–Trinajstić information content (AvgIpc) is 3.21. The highest BCUT2D eigenvalue weighted by Crippen LogP contribution is 2.45. The van der Waals surface area contributed by atoms with Crippen molar-refractivity contribution in [1.82, 2.24) is 5.48 Å². The van der Waals surface area contributed by atoms with Gasteiger partial charge in [-0.05, 0) is 60.0 Å². The van der Waals surface area contributed by atoms with E-state index in [2.05, 4.69) is 10.8 Å². The smallest absolute Gasteiger partial charge is 0.410 e. The van der Waals surface area contributed by atoms with E-state index in [1.807, 2.05) is 0 Å². The van der Waals surface area contributed by atoms with E-state index in [0.717, 1.165) is 0 Å². The van der Waals surface area contributed by atoms with Crippen LogP contribution in [0.4, 0.5) is 23.7 Å². The second-order valence-corrected chi connectivity index (χ2v) is 8.33. The third-order valence-corrected chi connectivity index (χ3v) is 5.47. The second kappa shape index (κ2) is 9.58. The summed E-state index contributed by atoms with van der Waals surface area (Å²) >= 11 is 12.1. The minimum absolute atomic E-state index is 0.151. The van der Waals surface area contributed by atoms with Gasteiger partial charge in [-0.25, -0.2) is 4.79 Å². The Kier molecular flexibility index (Phi) is 6.74. The zero-order valence-electron chi connectivity index (χ0n) is 17.5. The molecule has 1 aliphatic heterocycles. The molecule has 3 aromatic carbocycles. The highest BCUT2D eigenvalue weighted by molar-refractivity contribution is 6.34. The number of ether oxygens (including phenoxy) is 1. The fraction of sp³-hybridized carbons (Fsp3) is 0.125. The van der Waals surface area contributed by atoms with Crippen LogP contribution in [0, 0.1) is 6.92 Å². The topological polar surface area (TPSA) is 59.6 Å². The van der Waals surface area contributed by atoms with Gasteiger partial charge < -0.3 is 9.57 Å². The van der Waals surface area contributed by atoms with E-state index in [0.29, 0.717) is 22.6 Å². The number of anilines is 1. The third kappa shape index (κ3) is 5.30. The maximum absolute atomic E-state index is 13.7. The van der Waals surface area contributed by atoms with Crippen molar-refractivity contribution in [3.05, 3.63) is 99.2 Å². The molecule has 0 fully saturated rings. The normalized spacial score (nSPS) is 15.8. The van der Waals surface area contributed by atoms with Gasteiger partial charge in [0.05, 0.1) is 6.04 Å². The van der Waals surface area contributed by atoms with Gasteiger partial charge in [-0.3, -0.25) is 5.32 Å². The molecule has 2 N–H and O–H groups in total. The maximum Gasteiger partial charge on any atom is 0.451 e. The molecule has 1 atom stereocenters. The molecule has 0 aromatic heterocycles. The van der Waals surface area contributed by atoms with Crippen LogP contribution < -0.4 is 15.5 Å². The molecule has 1 heterocycles. The number of hydrogen-bond acceptors (Lipinski definition) is 4. The summed E-state index contributed by atoms with van der Waals surface area (Å²) in [5, 5.41) is 2.98. The molecule has 0 spiro atoms. The number of amides is 1. The van der Waals surface area contributed by atoms with Crippen molar-refractivity contribution >= 4 is 40.6 Å². The Labute approximate surface area is 203 Å². The summed E-state index contributed by atoms with van der Waals surface area (Å²) in [4.78, 5) is 17.2. The monoisotopic (exact) mass is 508 g/mol. The lowest BCUT2D eigenvalue weighted by atomic mass is 9.92. The van der Waals surface area contributed by atoms with Crippen molar-refractivity contribution < 1.29 is 27.5 Å². The van der Waals surface area contributed by atoms with Crippen LogP contribution in [0.2, 0.25) is 10.0 Å². The first-order chi connectivity index (χ1) is 16.1. The molecule has 0 bridgehead atoms. The summed E-state index contributed by atoms with van der Waals surface area (Å²) in [7, 11) is 0. The molecule has 176 valence electrons. The Balaban J connectivity index is 1.69. The van der Waals surface area contributed by atoms with Crippen LogP contribution in [-0.2, 0) is 4.84 Å². The summed E-state index contributed by atoms with van der Waals surface area (Å²) in [6.45, 7) is 1.75. The van der Waals surface area contributed by atoms with Gasteiger partial charge in [0.15, 0.2) is 0 Å². The molecule has 1 amide bonds. The second-order valence-electron chi connectivity index (χ2n) is 7.45. The van der Waals surface area contributed by atoms with Gasteiger partial charge in [0.25, 0.3) is 0 Å². The molecule has 0 aliphatic carbocycles. The van der Waals surface area contributed by atoms with E-state index in [9.17, 15) is 18.0 Å². The van der Waals surface area contributed by atoms with Crippen molar-refractivity contribution in [3.8, 4) is 5.75 Å². The number of aryl methyl sites for hydroxylation is 1. The van der Waals surface area contributed by atoms with Crippen LogP contribution in [0.3, 0.4) is 0 Å². The fourth-order valence-electron chi connectivity index (χ4n) is 3.50. The molecule has 3 aromatic rings. The number of para-hydroxylation sites is 1. The van der Waals surface area contributed by atoms with Crippen molar-refractivity contribution in [2.24, 2.45) is 0 Å². The standard InChI is InChI=1S/C24H17Cl2F3N2O3/c1-13-7-8-14(11-19(13)30-23(32)33-18-5-3-2-4-6-18)21-20(22(34-31-21)24(27,28)29)15-9-16(25)12-17(26)10-15/h2-12,21,31H,1H3,(H,30,32). The van der Waals surface area contributed by atoms with Gasteiger partial charge in [0, 0.05) is 21.3 Å². The highest BCUT2D eigenvalue weighted by Gasteiger charge is 2.46. The molecular formula is C24H17Cl2F3N2O3. The van der Waals surface area contributed by atoms with Crippen molar-refractivity contribution in [1.29, 1.82) is 0 Å². The van der Waals surface area contributed by atoms with Gasteiger partial charge >= 0.3 is 12.3 Å². The number of alkyl halides is 3. The lowest BCUT2D eigenvalue weighted by Gasteiger charge is -2.17. The number of benzene rings is 3. The Morgan fingerprint density at radius 2 is 1.71 bits per heavy atom. The molecule has 10 heteroatoms. The van der Waals surface area contributed by atoms with E-state index >= 15 is 0 Å². The lowest BCUT2D eigenvalue weighted by Crippen LogP contribution is -2.19. The minimum Gasteiger partial charge on any atom is -0.410 e. The van der Waals surface area contributed by atoms with Crippen LogP contribution in [0.1, 0.15) is 22.7 Å². The first-order valence-electron chi connectivity index (χ1n) is 9.96. The Morgan fingerprint density at radius 3 is 2.35 bits per heavy atom. The van der Waals surface area contributed by atoms with Crippen LogP contribution in [0.15, 0.2) is 72.5 Å². The predicted molar refractivity (Wildman–Crippen MR) is 124 cm³/mol. The Bertz CT molecular complexity index is 1240. The number of allylic oxidation sites excluding steroid dienone is 1. The Morgan fingerprint density at radius 1 is 1.03 bits per heavy atom. The summed E-state index contributed by atoms with van der Waals surface area (Å²) in [5.74, 6) is -0.855. The van der Waals surface area contributed by atoms with Crippen LogP contribution in [0.25, 0.3) is 5.57 Å². The zero-order chi connectivity index (χ0) is 24.5. The number of hydrogen-bond donors (Lipinski definition) is 2. The van der Waals surface area contributed by atoms with E-state index in [1.165, 1.54) is 18.2 Å². The van der Waals surface area contributed by atoms with E-state index in [1.54, 1.807) is 55.5 Å². The highest BCUT2D eigenvalue weighted by atomic mass is 35.5. The number of halogens is 5. The summed E-state index contributed by atoms with van der Waals surface area (Å²) in [6, 6.07) is 16.5. The zero-order valence-corrected chi connectivity index (χ0v) is 19.1. The van der Waals surface area contributed by atoms with Crippen molar-refractivity contribution in [2.45, 2.75) is 19.1 Å². The van der Waals surface area contributed by atoms with Gasteiger partial charge in [-0.2, -0.15) is 13.2 Å². The number of carbonyl (C=O) groups excluding carboxylic acids is 1. The first kappa shape index (κ1) is 23.9. The molecule has 4 rings (SSSR count). The van der Waals surface area contributed by atoms with Gasteiger partial charge in [-0.15, -0.1) is 5.48 Å². The van der Waals surface area contributed by atoms with E-state index in [-0.39, 0.29) is 21.2 Å². The molecule has 1 unspecified atom stereocenters.